The Morgan fingerprint density at radius 3 is 2.43 bits per heavy atom. The molecular weight excluding hydrogens is 444 g/mol. The number of esters is 1. The lowest BCUT2D eigenvalue weighted by atomic mass is 9.96. The molecule has 2 aromatic carbocycles. The molecule has 1 fully saturated rings. The molecule has 0 aromatic heterocycles. The highest BCUT2D eigenvalue weighted by atomic mass is 16.5. The van der Waals surface area contributed by atoms with Crippen LogP contribution in [0.5, 0.6) is 5.75 Å². The van der Waals surface area contributed by atoms with Crippen LogP contribution in [0, 0.1) is 0 Å². The lowest BCUT2D eigenvalue weighted by Crippen LogP contribution is -2.46. The summed E-state index contributed by atoms with van der Waals surface area (Å²) in [5, 5.41) is 0. The Bertz CT molecular complexity index is 1120. The lowest BCUT2D eigenvalue weighted by Gasteiger charge is -2.29. The van der Waals surface area contributed by atoms with Crippen LogP contribution in [-0.2, 0) is 25.6 Å². The largest absolute Gasteiger partial charge is 0.427 e. The Balaban J connectivity index is 1.54. The van der Waals surface area contributed by atoms with Crippen LogP contribution < -0.4 is 9.64 Å². The van der Waals surface area contributed by atoms with E-state index in [0.717, 1.165) is 29.7 Å². The van der Waals surface area contributed by atoms with Gasteiger partial charge in [0.15, 0.2) is 0 Å². The maximum absolute atomic E-state index is 13.4. The summed E-state index contributed by atoms with van der Waals surface area (Å²) in [7, 11) is 0. The second-order valence-electron chi connectivity index (χ2n) is 8.98. The van der Waals surface area contributed by atoms with Crippen LogP contribution in [0.4, 0.5) is 5.69 Å². The fraction of sp³-hybridized carbons (Fsp3) is 0.357. The minimum atomic E-state index is -0.837. The Labute approximate surface area is 205 Å². The summed E-state index contributed by atoms with van der Waals surface area (Å²) in [6.07, 6.45) is 7.45. The first-order chi connectivity index (χ1) is 16.9. The van der Waals surface area contributed by atoms with E-state index in [1.54, 1.807) is 29.2 Å². The number of amides is 3. The molecule has 0 spiro atoms. The third kappa shape index (κ3) is 6.04. The van der Waals surface area contributed by atoms with E-state index < -0.39 is 17.9 Å². The fourth-order valence-electron chi connectivity index (χ4n) is 4.68. The molecule has 182 valence electrons. The molecule has 0 bridgehead atoms. The second kappa shape index (κ2) is 11.1. The van der Waals surface area contributed by atoms with Gasteiger partial charge in [0, 0.05) is 13.5 Å². The topological polar surface area (TPSA) is 84.0 Å². The first kappa shape index (κ1) is 24.4. The molecule has 1 saturated heterocycles. The van der Waals surface area contributed by atoms with Crippen molar-refractivity contribution in [3.05, 3.63) is 71.8 Å². The zero-order valence-corrected chi connectivity index (χ0v) is 19.9. The van der Waals surface area contributed by atoms with Crippen molar-refractivity contribution in [1.82, 2.24) is 4.90 Å². The van der Waals surface area contributed by atoms with Gasteiger partial charge in [-0.05, 0) is 61.9 Å². The van der Waals surface area contributed by atoms with E-state index >= 15 is 0 Å². The van der Waals surface area contributed by atoms with Crippen LogP contribution in [0.15, 0.2) is 66.2 Å². The normalized spacial score (nSPS) is 17.8. The molecule has 1 aliphatic carbocycles. The highest BCUT2D eigenvalue weighted by Crippen LogP contribution is 2.29. The third-order valence-electron chi connectivity index (χ3n) is 6.43. The van der Waals surface area contributed by atoms with Gasteiger partial charge < -0.3 is 9.64 Å². The fourth-order valence-corrected chi connectivity index (χ4v) is 4.68. The van der Waals surface area contributed by atoms with Gasteiger partial charge in [0.25, 0.3) is 5.91 Å². The lowest BCUT2D eigenvalue weighted by molar-refractivity contribution is -0.137. The molecule has 4 rings (SSSR count). The maximum atomic E-state index is 13.4. The summed E-state index contributed by atoms with van der Waals surface area (Å²) in [5.41, 5.74) is 2.57. The predicted molar refractivity (Wildman–Crippen MR) is 132 cm³/mol. The zero-order chi connectivity index (χ0) is 24.8. The number of ether oxygens (including phenoxy) is 1. The minimum Gasteiger partial charge on any atom is -0.427 e. The van der Waals surface area contributed by atoms with Crippen molar-refractivity contribution in [2.45, 2.75) is 57.9 Å². The Kier molecular flexibility index (Phi) is 7.75. The van der Waals surface area contributed by atoms with E-state index in [4.69, 9.17) is 4.74 Å². The average Bonchev–Trinajstić information content (AvgIpc) is 3.14. The van der Waals surface area contributed by atoms with Crippen LogP contribution >= 0.6 is 0 Å². The molecule has 7 nitrogen and oxygen atoms in total. The summed E-state index contributed by atoms with van der Waals surface area (Å²) in [6.45, 7) is 1.71. The highest BCUT2D eigenvalue weighted by molar-refractivity contribution is 6.23. The van der Waals surface area contributed by atoms with Crippen LogP contribution in [-0.4, -0.2) is 41.2 Å². The molecule has 0 saturated carbocycles. The Hall–Kier alpha value is -3.74. The van der Waals surface area contributed by atoms with E-state index in [1.165, 1.54) is 18.9 Å². The number of carbonyl (C=O) groups excluding carboxylic acids is 4. The summed E-state index contributed by atoms with van der Waals surface area (Å²) >= 11 is 0. The van der Waals surface area contributed by atoms with E-state index in [9.17, 15) is 19.2 Å². The van der Waals surface area contributed by atoms with Crippen molar-refractivity contribution in [2.75, 3.05) is 11.4 Å². The van der Waals surface area contributed by atoms with Crippen LogP contribution in [0.3, 0.4) is 0 Å². The Morgan fingerprint density at radius 1 is 1.03 bits per heavy atom. The first-order valence-corrected chi connectivity index (χ1v) is 12.1. The molecule has 0 N–H and O–H groups in total. The van der Waals surface area contributed by atoms with E-state index in [-0.39, 0.29) is 24.7 Å². The van der Waals surface area contributed by atoms with Gasteiger partial charge in [-0.25, -0.2) is 4.90 Å². The van der Waals surface area contributed by atoms with Gasteiger partial charge >= 0.3 is 5.97 Å². The highest BCUT2D eigenvalue weighted by Gasteiger charge is 2.44. The van der Waals surface area contributed by atoms with Gasteiger partial charge in [0.1, 0.15) is 11.8 Å². The molecule has 2 aromatic rings. The number of benzene rings is 2. The third-order valence-corrected chi connectivity index (χ3v) is 6.43. The molecule has 2 aliphatic rings. The van der Waals surface area contributed by atoms with Gasteiger partial charge in [-0.2, -0.15) is 0 Å². The van der Waals surface area contributed by atoms with Gasteiger partial charge in [0.2, 0.25) is 11.8 Å². The number of hydrogen-bond acceptors (Lipinski definition) is 5. The van der Waals surface area contributed by atoms with E-state index in [1.807, 2.05) is 30.3 Å². The number of rotatable bonds is 8. The SMILES string of the molecule is CC(=O)Oc1ccc(N2C(=O)CC(N(CCC3=CCCCC3)C(=O)Cc3ccccc3)C2=O)cc1. The van der Waals surface area contributed by atoms with Crippen molar-refractivity contribution in [1.29, 1.82) is 0 Å². The minimum absolute atomic E-state index is 0.0515. The summed E-state index contributed by atoms with van der Waals surface area (Å²) in [6, 6.07) is 14.8. The van der Waals surface area contributed by atoms with Gasteiger partial charge in [-0.1, -0.05) is 42.0 Å². The van der Waals surface area contributed by atoms with Crippen LogP contribution in [0.1, 0.15) is 51.0 Å². The summed E-state index contributed by atoms with van der Waals surface area (Å²) in [4.78, 5) is 53.6. The van der Waals surface area contributed by atoms with E-state index in [2.05, 4.69) is 6.08 Å². The summed E-state index contributed by atoms with van der Waals surface area (Å²) in [5.74, 6) is -1.04. The van der Waals surface area contributed by atoms with Crippen molar-refractivity contribution in [3.8, 4) is 5.75 Å². The monoisotopic (exact) mass is 474 g/mol. The van der Waals surface area contributed by atoms with Crippen LogP contribution in [0.25, 0.3) is 0 Å². The molecule has 1 aliphatic heterocycles. The average molecular weight is 475 g/mol. The molecule has 0 radical (unpaired) electrons. The molecule has 3 amide bonds. The first-order valence-electron chi connectivity index (χ1n) is 12.1. The number of anilines is 1. The van der Waals surface area contributed by atoms with Crippen molar-refractivity contribution in [2.24, 2.45) is 0 Å². The standard InChI is InChI=1S/C28H30N2O5/c1-20(31)35-24-14-12-23(13-15-24)30-27(33)19-25(28(30)34)29(17-16-21-8-4-2-5-9-21)26(32)18-22-10-6-3-7-11-22/h3,6-8,10-15,25H,2,4-5,9,16-19H2,1H3. The molecular formula is C28H30N2O5. The van der Waals surface area contributed by atoms with Crippen molar-refractivity contribution < 1.29 is 23.9 Å². The molecule has 1 unspecified atom stereocenters. The number of allylic oxidation sites excluding steroid dienone is 1. The second-order valence-corrected chi connectivity index (χ2v) is 8.98. The molecule has 1 heterocycles. The Morgan fingerprint density at radius 2 is 1.77 bits per heavy atom. The van der Waals surface area contributed by atoms with Gasteiger partial charge in [-0.3, -0.25) is 19.2 Å². The van der Waals surface area contributed by atoms with Gasteiger partial charge in [-0.15, -0.1) is 0 Å². The maximum Gasteiger partial charge on any atom is 0.308 e. The summed E-state index contributed by atoms with van der Waals surface area (Å²) < 4.78 is 5.04. The molecule has 7 heteroatoms. The smallest absolute Gasteiger partial charge is 0.308 e. The van der Waals surface area contributed by atoms with Crippen molar-refractivity contribution in [3.63, 3.8) is 0 Å². The molecule has 35 heavy (non-hydrogen) atoms. The number of imide groups is 1. The quantitative estimate of drug-likeness (QED) is 0.248. The molecule has 1 atom stereocenters. The number of carbonyl (C=O) groups is 4. The van der Waals surface area contributed by atoms with E-state index in [0.29, 0.717) is 24.4 Å². The van der Waals surface area contributed by atoms with Gasteiger partial charge in [0.05, 0.1) is 18.5 Å². The zero-order valence-electron chi connectivity index (χ0n) is 19.9. The van der Waals surface area contributed by atoms with Crippen LogP contribution in [0.2, 0.25) is 0 Å². The number of nitrogens with zero attached hydrogens (tertiary/aromatic N) is 2. The van der Waals surface area contributed by atoms with Crippen molar-refractivity contribution >= 4 is 29.4 Å². The predicted octanol–water partition coefficient (Wildman–Crippen LogP) is 4.21. The number of hydrogen-bond donors (Lipinski definition) is 0.